The number of hydrogen-bond donors (Lipinski definition) is 0. The van der Waals surface area contributed by atoms with Gasteiger partial charge in [-0.3, -0.25) is 4.79 Å². The van der Waals surface area contributed by atoms with E-state index in [1.165, 1.54) is 11.8 Å². The molecular formula is C17H18N2O3S. The molecule has 1 amide bonds. The summed E-state index contributed by atoms with van der Waals surface area (Å²) in [4.78, 5) is 19.3. The fourth-order valence-electron chi connectivity index (χ4n) is 2.89. The van der Waals surface area contributed by atoms with Crippen molar-refractivity contribution >= 4 is 28.9 Å². The van der Waals surface area contributed by atoms with Crippen LogP contribution in [0.4, 0.5) is 0 Å². The molecule has 5 nitrogen and oxygen atoms in total. The third-order valence-electron chi connectivity index (χ3n) is 4.36. The maximum absolute atomic E-state index is 12.2. The minimum atomic E-state index is -0.152. The van der Waals surface area contributed by atoms with Gasteiger partial charge in [-0.05, 0) is 54.3 Å². The second kappa shape index (κ2) is 5.92. The zero-order chi connectivity index (χ0) is 15.8. The van der Waals surface area contributed by atoms with Crippen LogP contribution in [0.2, 0.25) is 0 Å². The van der Waals surface area contributed by atoms with Crippen LogP contribution in [0.25, 0.3) is 6.08 Å². The number of hydrogen-bond acceptors (Lipinski definition) is 5. The van der Waals surface area contributed by atoms with Crippen molar-refractivity contribution in [2.75, 3.05) is 19.9 Å². The van der Waals surface area contributed by atoms with E-state index in [0.29, 0.717) is 4.91 Å². The Morgan fingerprint density at radius 1 is 1.26 bits per heavy atom. The van der Waals surface area contributed by atoms with Gasteiger partial charge in [-0.2, -0.15) is 4.99 Å². The van der Waals surface area contributed by atoms with Crippen LogP contribution in [-0.2, 0) is 4.79 Å². The summed E-state index contributed by atoms with van der Waals surface area (Å²) in [6.45, 7) is 4.50. The second-order valence-electron chi connectivity index (χ2n) is 6.09. The molecule has 3 aliphatic heterocycles. The van der Waals surface area contributed by atoms with Crippen LogP contribution in [-0.4, -0.2) is 35.9 Å². The van der Waals surface area contributed by atoms with Crippen LogP contribution in [0, 0.1) is 5.92 Å². The molecule has 0 N–H and O–H groups in total. The van der Waals surface area contributed by atoms with Gasteiger partial charge in [-0.1, -0.05) is 13.0 Å². The molecule has 0 saturated carbocycles. The summed E-state index contributed by atoms with van der Waals surface area (Å²) in [7, 11) is 0. The lowest BCUT2D eigenvalue weighted by Gasteiger charge is -2.30. The first-order valence-electron chi connectivity index (χ1n) is 7.86. The van der Waals surface area contributed by atoms with E-state index >= 15 is 0 Å². The monoisotopic (exact) mass is 330 g/mol. The third kappa shape index (κ3) is 2.95. The van der Waals surface area contributed by atoms with Crippen molar-refractivity contribution < 1.29 is 14.3 Å². The highest BCUT2D eigenvalue weighted by molar-refractivity contribution is 8.18. The third-order valence-corrected chi connectivity index (χ3v) is 5.40. The molecule has 3 aliphatic rings. The van der Waals surface area contributed by atoms with Crippen LogP contribution in [0.3, 0.4) is 0 Å². The molecule has 6 heteroatoms. The molecule has 23 heavy (non-hydrogen) atoms. The van der Waals surface area contributed by atoms with E-state index in [4.69, 9.17) is 9.47 Å². The number of aliphatic imine (C=N–C) groups is 1. The number of rotatable bonds is 1. The maximum Gasteiger partial charge on any atom is 0.286 e. The number of amides is 1. The molecule has 0 aliphatic carbocycles. The number of benzene rings is 1. The van der Waals surface area contributed by atoms with E-state index in [9.17, 15) is 4.79 Å². The Kier molecular flexibility index (Phi) is 3.77. The summed E-state index contributed by atoms with van der Waals surface area (Å²) in [5.74, 6) is 2.08. The predicted molar refractivity (Wildman–Crippen MR) is 90.5 cm³/mol. The van der Waals surface area contributed by atoms with Crippen molar-refractivity contribution in [3.63, 3.8) is 0 Å². The number of thioether (sulfide) groups is 1. The van der Waals surface area contributed by atoms with E-state index in [-0.39, 0.29) is 12.7 Å². The van der Waals surface area contributed by atoms with Gasteiger partial charge < -0.3 is 14.4 Å². The van der Waals surface area contributed by atoms with E-state index < -0.39 is 0 Å². The lowest BCUT2D eigenvalue weighted by molar-refractivity contribution is -0.113. The quantitative estimate of drug-likeness (QED) is 0.741. The molecule has 1 aromatic carbocycles. The lowest BCUT2D eigenvalue weighted by atomic mass is 10.00. The molecule has 3 heterocycles. The number of ether oxygens (including phenoxy) is 2. The van der Waals surface area contributed by atoms with Gasteiger partial charge >= 0.3 is 0 Å². The number of carbonyl (C=O) groups is 1. The van der Waals surface area contributed by atoms with E-state index in [1.54, 1.807) is 0 Å². The molecule has 120 valence electrons. The van der Waals surface area contributed by atoms with E-state index in [2.05, 4.69) is 16.8 Å². The number of carbonyl (C=O) groups excluding carboxylic acids is 1. The highest BCUT2D eigenvalue weighted by Crippen LogP contribution is 2.36. The Balaban J connectivity index is 1.49. The fraction of sp³-hybridized carbons (Fsp3) is 0.412. The number of amidine groups is 1. The highest BCUT2D eigenvalue weighted by atomic mass is 32.2. The first-order chi connectivity index (χ1) is 11.2. The van der Waals surface area contributed by atoms with Crippen LogP contribution < -0.4 is 9.47 Å². The first kappa shape index (κ1) is 14.6. The molecule has 0 unspecified atom stereocenters. The summed E-state index contributed by atoms with van der Waals surface area (Å²) in [6.07, 6.45) is 4.20. The molecule has 1 fully saturated rings. The Morgan fingerprint density at radius 3 is 2.87 bits per heavy atom. The van der Waals surface area contributed by atoms with E-state index in [0.717, 1.165) is 54.1 Å². The Labute approximate surface area is 139 Å². The normalized spacial score (nSPS) is 22.8. The Morgan fingerprint density at radius 2 is 2.04 bits per heavy atom. The highest BCUT2D eigenvalue weighted by Gasteiger charge is 2.28. The van der Waals surface area contributed by atoms with Gasteiger partial charge in [0.05, 0.1) is 4.91 Å². The number of nitrogens with zero attached hydrogens (tertiary/aromatic N) is 2. The Bertz CT molecular complexity index is 706. The Hall–Kier alpha value is -1.95. The zero-order valence-electron chi connectivity index (χ0n) is 12.9. The summed E-state index contributed by atoms with van der Waals surface area (Å²) in [6, 6.07) is 5.69. The summed E-state index contributed by atoms with van der Waals surface area (Å²) < 4.78 is 10.7. The molecule has 4 rings (SSSR count). The van der Waals surface area contributed by atoms with Gasteiger partial charge in [0.1, 0.15) is 0 Å². The smallest absolute Gasteiger partial charge is 0.286 e. The van der Waals surface area contributed by atoms with Crippen LogP contribution in [0.15, 0.2) is 28.1 Å². The predicted octanol–water partition coefficient (Wildman–Crippen LogP) is 3.12. The number of likely N-dealkylation sites (tertiary alicyclic amines) is 1. The molecule has 0 aromatic heterocycles. The lowest BCUT2D eigenvalue weighted by Crippen LogP contribution is -2.35. The minimum absolute atomic E-state index is 0.152. The van der Waals surface area contributed by atoms with Crippen molar-refractivity contribution in [3.8, 4) is 11.5 Å². The first-order valence-corrected chi connectivity index (χ1v) is 8.68. The van der Waals surface area contributed by atoms with Gasteiger partial charge in [-0.15, -0.1) is 0 Å². The SMILES string of the molecule is CC1CCN(C2=NC(=O)/C(=C/c3ccc4c(c3)OCO4)S2)CC1. The summed E-state index contributed by atoms with van der Waals surface area (Å²) in [5, 5.41) is 0.842. The summed E-state index contributed by atoms with van der Waals surface area (Å²) >= 11 is 1.47. The topological polar surface area (TPSA) is 51.1 Å². The van der Waals surface area contributed by atoms with Crippen LogP contribution in [0.5, 0.6) is 11.5 Å². The van der Waals surface area contributed by atoms with Crippen molar-refractivity contribution in [2.45, 2.75) is 19.8 Å². The summed E-state index contributed by atoms with van der Waals surface area (Å²) in [5.41, 5.74) is 0.925. The van der Waals surface area contributed by atoms with Gasteiger partial charge in [0.25, 0.3) is 5.91 Å². The van der Waals surface area contributed by atoms with Gasteiger partial charge in [0.15, 0.2) is 16.7 Å². The molecule has 0 atom stereocenters. The molecule has 0 spiro atoms. The second-order valence-corrected chi connectivity index (χ2v) is 7.10. The minimum Gasteiger partial charge on any atom is -0.454 e. The molecular weight excluding hydrogens is 312 g/mol. The zero-order valence-corrected chi connectivity index (χ0v) is 13.8. The van der Waals surface area contributed by atoms with Crippen molar-refractivity contribution in [1.29, 1.82) is 0 Å². The molecule has 0 bridgehead atoms. The van der Waals surface area contributed by atoms with Crippen LogP contribution >= 0.6 is 11.8 Å². The largest absolute Gasteiger partial charge is 0.454 e. The molecule has 1 saturated heterocycles. The van der Waals surface area contributed by atoms with Crippen molar-refractivity contribution in [2.24, 2.45) is 10.9 Å². The standard InChI is InChI=1S/C17H18N2O3S/c1-11-4-6-19(7-5-11)17-18-16(20)15(23-17)9-12-2-3-13-14(8-12)22-10-21-13/h2-3,8-9,11H,4-7,10H2,1H3/b15-9-. The van der Waals surface area contributed by atoms with Gasteiger partial charge in [-0.25, -0.2) is 0 Å². The molecule has 0 radical (unpaired) electrons. The fourth-order valence-corrected chi connectivity index (χ4v) is 3.85. The van der Waals surface area contributed by atoms with Crippen molar-refractivity contribution in [3.05, 3.63) is 28.7 Å². The van der Waals surface area contributed by atoms with Crippen LogP contribution in [0.1, 0.15) is 25.3 Å². The van der Waals surface area contributed by atoms with E-state index in [1.807, 2.05) is 24.3 Å². The molecule has 1 aromatic rings. The van der Waals surface area contributed by atoms with Gasteiger partial charge in [0, 0.05) is 13.1 Å². The number of fused-ring (bicyclic) bond motifs is 1. The van der Waals surface area contributed by atoms with Gasteiger partial charge in [0.2, 0.25) is 6.79 Å². The maximum atomic E-state index is 12.2. The van der Waals surface area contributed by atoms with Crippen molar-refractivity contribution in [1.82, 2.24) is 4.90 Å². The number of piperidine rings is 1. The average molecular weight is 330 g/mol. The average Bonchev–Trinajstić information content (AvgIpc) is 3.15.